The van der Waals surface area contributed by atoms with Crippen molar-refractivity contribution in [3.05, 3.63) is 11.6 Å². The van der Waals surface area contributed by atoms with Gasteiger partial charge in [-0.05, 0) is 62.7 Å². The molecule has 0 amide bonds. The summed E-state index contributed by atoms with van der Waals surface area (Å²) in [6.07, 6.45) is 9.25. The van der Waals surface area contributed by atoms with Crippen LogP contribution in [0.2, 0.25) is 0 Å². The maximum atomic E-state index is 6.07. The average molecular weight is 260 g/mol. The van der Waals surface area contributed by atoms with E-state index < -0.39 is 0 Å². The van der Waals surface area contributed by atoms with Gasteiger partial charge in [-0.1, -0.05) is 6.92 Å². The highest BCUT2D eigenvalue weighted by atomic mass is 15.2. The Balaban J connectivity index is 1.66. The number of rotatable bonds is 3. The maximum Gasteiger partial charge on any atom is 0.156 e. The topological polar surface area (TPSA) is 67.6 Å². The highest BCUT2D eigenvalue weighted by Gasteiger charge is 2.53. The van der Waals surface area contributed by atoms with E-state index in [2.05, 4.69) is 17.1 Å². The van der Waals surface area contributed by atoms with E-state index in [1.165, 1.54) is 38.5 Å². The van der Waals surface area contributed by atoms with Crippen molar-refractivity contribution in [1.82, 2.24) is 15.2 Å². The van der Waals surface area contributed by atoms with Crippen LogP contribution in [0.3, 0.4) is 0 Å². The van der Waals surface area contributed by atoms with E-state index in [1.54, 1.807) is 0 Å². The molecule has 4 aliphatic carbocycles. The molecule has 4 bridgehead atoms. The molecular weight excluding hydrogens is 236 g/mol. The van der Waals surface area contributed by atoms with Crippen LogP contribution in [0.1, 0.15) is 69.6 Å². The molecule has 4 heteroatoms. The number of hydrogen-bond acceptors (Lipinski definition) is 3. The summed E-state index contributed by atoms with van der Waals surface area (Å²) in [4.78, 5) is 4.78. The molecule has 0 radical (unpaired) electrons. The minimum absolute atomic E-state index is 0.00941. The first-order chi connectivity index (χ1) is 9.18. The fourth-order valence-corrected chi connectivity index (χ4v) is 5.26. The normalized spacial score (nSPS) is 41.7. The summed E-state index contributed by atoms with van der Waals surface area (Å²) in [6, 6.07) is 0.00941. The molecule has 0 saturated heterocycles. The van der Waals surface area contributed by atoms with Gasteiger partial charge in [0.2, 0.25) is 0 Å². The van der Waals surface area contributed by atoms with Gasteiger partial charge >= 0.3 is 0 Å². The smallest absolute Gasteiger partial charge is 0.156 e. The second kappa shape index (κ2) is 4.05. The number of nitrogens with zero attached hydrogens (tertiary/aromatic N) is 2. The Bertz CT molecular complexity index is 443. The Hall–Kier alpha value is -0.900. The highest BCUT2D eigenvalue weighted by molar-refractivity contribution is 5.17. The van der Waals surface area contributed by atoms with Crippen molar-refractivity contribution in [3.63, 3.8) is 0 Å². The summed E-state index contributed by atoms with van der Waals surface area (Å²) in [5, 5.41) is 7.65. The van der Waals surface area contributed by atoms with Gasteiger partial charge in [0.25, 0.3) is 0 Å². The summed E-state index contributed by atoms with van der Waals surface area (Å²) in [5.74, 6) is 4.77. The molecule has 4 aliphatic rings. The van der Waals surface area contributed by atoms with Gasteiger partial charge in [-0.15, -0.1) is 0 Å². The van der Waals surface area contributed by atoms with Crippen LogP contribution < -0.4 is 5.73 Å². The van der Waals surface area contributed by atoms with E-state index in [0.717, 1.165) is 35.8 Å². The van der Waals surface area contributed by atoms with Crippen LogP contribution in [-0.2, 0) is 5.41 Å². The molecule has 1 aromatic rings. The summed E-state index contributed by atoms with van der Waals surface area (Å²) < 4.78 is 0. The van der Waals surface area contributed by atoms with Crippen LogP contribution in [0.5, 0.6) is 0 Å². The van der Waals surface area contributed by atoms with Crippen molar-refractivity contribution >= 4 is 0 Å². The third-order valence-corrected chi connectivity index (χ3v) is 5.81. The van der Waals surface area contributed by atoms with Crippen molar-refractivity contribution in [2.24, 2.45) is 23.5 Å². The van der Waals surface area contributed by atoms with E-state index in [1.807, 2.05) is 0 Å². The van der Waals surface area contributed by atoms with E-state index >= 15 is 0 Å². The van der Waals surface area contributed by atoms with E-state index in [9.17, 15) is 0 Å². The zero-order valence-electron chi connectivity index (χ0n) is 11.7. The van der Waals surface area contributed by atoms with Crippen molar-refractivity contribution in [2.75, 3.05) is 0 Å². The predicted molar refractivity (Wildman–Crippen MR) is 73.5 cm³/mol. The van der Waals surface area contributed by atoms with E-state index in [4.69, 9.17) is 10.7 Å². The lowest BCUT2D eigenvalue weighted by molar-refractivity contribution is -0.00926. The fraction of sp³-hybridized carbons (Fsp3) is 0.867. The number of H-pyrrole nitrogens is 1. The molecule has 0 aliphatic heterocycles. The molecule has 5 rings (SSSR count). The van der Waals surface area contributed by atoms with Gasteiger partial charge in [0, 0.05) is 5.41 Å². The van der Waals surface area contributed by atoms with Gasteiger partial charge in [0.1, 0.15) is 5.82 Å². The summed E-state index contributed by atoms with van der Waals surface area (Å²) in [7, 11) is 0. The lowest BCUT2D eigenvalue weighted by Gasteiger charge is -2.55. The number of nitrogens with two attached hydrogens (primary N) is 1. The summed E-state index contributed by atoms with van der Waals surface area (Å²) in [5.41, 5.74) is 6.35. The third-order valence-electron chi connectivity index (χ3n) is 5.81. The Morgan fingerprint density at radius 1 is 1.21 bits per heavy atom. The zero-order valence-corrected chi connectivity index (χ0v) is 11.7. The summed E-state index contributed by atoms with van der Waals surface area (Å²) in [6.45, 7) is 2.09. The molecule has 1 unspecified atom stereocenters. The molecule has 4 nitrogen and oxygen atoms in total. The van der Waals surface area contributed by atoms with E-state index in [-0.39, 0.29) is 11.5 Å². The minimum Gasteiger partial charge on any atom is -0.321 e. The minimum atomic E-state index is 0.00941. The number of hydrogen-bond donors (Lipinski definition) is 2. The molecule has 4 saturated carbocycles. The largest absolute Gasteiger partial charge is 0.321 e. The van der Waals surface area contributed by atoms with Crippen LogP contribution in [0.25, 0.3) is 0 Å². The molecular formula is C15H24N4. The van der Waals surface area contributed by atoms with Crippen LogP contribution in [0, 0.1) is 17.8 Å². The SMILES string of the molecule is CCC(N)c1nc(C23CC4CC(CC(C4)C2)C3)n[nH]1. The molecule has 3 N–H and O–H groups in total. The molecule has 0 aromatic carbocycles. The van der Waals surface area contributed by atoms with Crippen molar-refractivity contribution in [2.45, 2.75) is 63.3 Å². The Morgan fingerprint density at radius 3 is 2.32 bits per heavy atom. The monoisotopic (exact) mass is 260 g/mol. The molecule has 1 atom stereocenters. The van der Waals surface area contributed by atoms with Gasteiger partial charge < -0.3 is 5.73 Å². The second-order valence-electron chi connectivity index (χ2n) is 7.26. The lowest BCUT2D eigenvalue weighted by Crippen LogP contribution is -2.49. The lowest BCUT2D eigenvalue weighted by atomic mass is 9.49. The van der Waals surface area contributed by atoms with Crippen molar-refractivity contribution < 1.29 is 0 Å². The third kappa shape index (κ3) is 1.76. The number of aromatic nitrogens is 3. The van der Waals surface area contributed by atoms with Crippen LogP contribution in [0.4, 0.5) is 0 Å². The van der Waals surface area contributed by atoms with Crippen LogP contribution in [0.15, 0.2) is 0 Å². The standard InChI is InChI=1S/C15H24N4/c1-2-12(16)13-17-14(19-18-13)15-6-9-3-10(7-15)5-11(4-9)8-15/h9-12H,2-8,16H2,1H3,(H,17,18,19). The van der Waals surface area contributed by atoms with Gasteiger partial charge in [-0.25, -0.2) is 4.98 Å². The number of aromatic amines is 1. The van der Waals surface area contributed by atoms with Crippen molar-refractivity contribution in [1.29, 1.82) is 0 Å². The van der Waals surface area contributed by atoms with Gasteiger partial charge in [-0.2, -0.15) is 5.10 Å². The number of nitrogens with one attached hydrogen (secondary N) is 1. The average Bonchev–Trinajstić information content (AvgIpc) is 2.86. The van der Waals surface area contributed by atoms with Crippen molar-refractivity contribution in [3.8, 4) is 0 Å². The van der Waals surface area contributed by atoms with Gasteiger partial charge in [0.15, 0.2) is 5.82 Å². The first-order valence-corrected chi connectivity index (χ1v) is 7.87. The van der Waals surface area contributed by atoms with Crippen LogP contribution >= 0.6 is 0 Å². The molecule has 19 heavy (non-hydrogen) atoms. The summed E-state index contributed by atoms with van der Waals surface area (Å²) >= 11 is 0. The fourth-order valence-electron chi connectivity index (χ4n) is 5.26. The molecule has 1 heterocycles. The maximum absolute atomic E-state index is 6.07. The highest BCUT2D eigenvalue weighted by Crippen LogP contribution is 2.60. The second-order valence-corrected chi connectivity index (χ2v) is 7.26. The Morgan fingerprint density at radius 2 is 1.79 bits per heavy atom. The first-order valence-electron chi connectivity index (χ1n) is 7.87. The van der Waals surface area contributed by atoms with E-state index in [0.29, 0.717) is 0 Å². The Labute approximate surface area is 114 Å². The van der Waals surface area contributed by atoms with Gasteiger partial charge in [-0.3, -0.25) is 5.10 Å². The predicted octanol–water partition coefficient (Wildman–Crippen LogP) is 2.68. The molecule has 0 spiro atoms. The Kier molecular flexibility index (Phi) is 2.53. The van der Waals surface area contributed by atoms with Crippen LogP contribution in [-0.4, -0.2) is 15.2 Å². The molecule has 104 valence electrons. The zero-order chi connectivity index (χ0) is 13.0. The molecule has 1 aromatic heterocycles. The quantitative estimate of drug-likeness (QED) is 0.878. The van der Waals surface area contributed by atoms with Gasteiger partial charge in [0.05, 0.1) is 6.04 Å². The first kappa shape index (κ1) is 11.9. The molecule has 4 fully saturated rings.